The van der Waals surface area contributed by atoms with Crippen molar-refractivity contribution in [2.24, 2.45) is 5.41 Å². The molecule has 5 nitrogen and oxygen atoms in total. The van der Waals surface area contributed by atoms with E-state index in [0.717, 1.165) is 11.3 Å². The Bertz CT molecular complexity index is 1160. The summed E-state index contributed by atoms with van der Waals surface area (Å²) in [6, 6.07) is 11.1. The van der Waals surface area contributed by atoms with Gasteiger partial charge in [0.1, 0.15) is 0 Å². The molecule has 0 saturated carbocycles. The fourth-order valence-electron chi connectivity index (χ4n) is 4.74. The van der Waals surface area contributed by atoms with Crippen molar-refractivity contribution in [1.82, 2.24) is 10.3 Å². The maximum atomic E-state index is 13.5. The molecule has 1 aliphatic heterocycles. The van der Waals surface area contributed by atoms with Crippen LogP contribution >= 0.6 is 0 Å². The van der Waals surface area contributed by atoms with Gasteiger partial charge in [0.15, 0.2) is 11.6 Å². The van der Waals surface area contributed by atoms with Gasteiger partial charge in [-0.2, -0.15) is 0 Å². The Morgan fingerprint density at radius 2 is 1.69 bits per heavy atom. The molecule has 5 heteroatoms. The van der Waals surface area contributed by atoms with Crippen molar-refractivity contribution in [1.29, 1.82) is 0 Å². The minimum atomic E-state index is -0.538. The van der Waals surface area contributed by atoms with Gasteiger partial charge in [0.25, 0.3) is 0 Å². The SMILES string of the molecule is CC1(C)CC(=O)C2=C(C1)NC1=C(C(=O)c3ccncc3C1=O)C2c1ccccc1. The fourth-order valence-corrected chi connectivity index (χ4v) is 4.74. The highest BCUT2D eigenvalue weighted by Crippen LogP contribution is 2.48. The molecular formula is C24H20N2O3. The van der Waals surface area contributed by atoms with Crippen LogP contribution in [0.2, 0.25) is 0 Å². The van der Waals surface area contributed by atoms with Gasteiger partial charge < -0.3 is 5.32 Å². The molecule has 2 aromatic rings. The number of Topliss-reactive ketones (excluding diaryl/α,β-unsaturated/α-hetero) is 3. The molecule has 0 fully saturated rings. The zero-order valence-electron chi connectivity index (χ0n) is 16.3. The number of pyridine rings is 1. The number of carbonyl (C=O) groups excluding carboxylic acids is 3. The lowest BCUT2D eigenvalue weighted by atomic mass is 9.66. The van der Waals surface area contributed by atoms with E-state index in [0.29, 0.717) is 35.1 Å². The molecule has 5 rings (SSSR count). The van der Waals surface area contributed by atoms with Gasteiger partial charge in [-0.15, -0.1) is 0 Å². The maximum Gasteiger partial charge on any atom is 0.211 e. The number of nitrogens with one attached hydrogen (secondary N) is 1. The summed E-state index contributed by atoms with van der Waals surface area (Å²) in [7, 11) is 0. The predicted octanol–water partition coefficient (Wildman–Crippen LogP) is 3.74. The number of carbonyl (C=O) groups is 3. The Morgan fingerprint density at radius 3 is 2.45 bits per heavy atom. The van der Waals surface area contributed by atoms with E-state index < -0.39 is 5.92 Å². The molecule has 3 aliphatic rings. The number of nitrogens with zero attached hydrogens (tertiary/aromatic N) is 1. The number of ketones is 3. The first-order chi connectivity index (χ1) is 13.9. The second kappa shape index (κ2) is 6.08. The first-order valence-electron chi connectivity index (χ1n) is 9.73. The molecule has 0 saturated heterocycles. The summed E-state index contributed by atoms with van der Waals surface area (Å²) in [6.07, 6.45) is 4.03. The molecule has 1 unspecified atom stereocenters. The van der Waals surface area contributed by atoms with Crippen LogP contribution in [-0.2, 0) is 4.79 Å². The number of hydrogen-bond donors (Lipinski definition) is 1. The Hall–Kier alpha value is -3.34. The predicted molar refractivity (Wildman–Crippen MR) is 107 cm³/mol. The Labute approximate surface area is 168 Å². The molecule has 0 radical (unpaired) electrons. The highest BCUT2D eigenvalue weighted by atomic mass is 16.1. The van der Waals surface area contributed by atoms with E-state index in [1.807, 2.05) is 44.2 Å². The largest absolute Gasteiger partial charge is 0.355 e. The van der Waals surface area contributed by atoms with Gasteiger partial charge in [-0.1, -0.05) is 44.2 Å². The van der Waals surface area contributed by atoms with Crippen molar-refractivity contribution in [3.8, 4) is 0 Å². The van der Waals surface area contributed by atoms with E-state index in [2.05, 4.69) is 10.3 Å². The monoisotopic (exact) mass is 384 g/mol. The van der Waals surface area contributed by atoms with Crippen molar-refractivity contribution in [2.75, 3.05) is 0 Å². The molecule has 1 aromatic heterocycles. The van der Waals surface area contributed by atoms with Crippen molar-refractivity contribution < 1.29 is 14.4 Å². The molecule has 0 bridgehead atoms. The fraction of sp³-hybridized carbons (Fsp3) is 0.250. The van der Waals surface area contributed by atoms with E-state index in [1.54, 1.807) is 6.07 Å². The maximum absolute atomic E-state index is 13.5. The van der Waals surface area contributed by atoms with E-state index >= 15 is 0 Å². The van der Waals surface area contributed by atoms with Crippen LogP contribution in [0.3, 0.4) is 0 Å². The average Bonchev–Trinajstić information content (AvgIpc) is 2.70. The summed E-state index contributed by atoms with van der Waals surface area (Å²) in [5.41, 5.74) is 3.32. The summed E-state index contributed by atoms with van der Waals surface area (Å²) in [5, 5.41) is 3.20. The average molecular weight is 384 g/mol. The molecule has 0 spiro atoms. The van der Waals surface area contributed by atoms with Crippen LogP contribution in [0.15, 0.2) is 71.3 Å². The van der Waals surface area contributed by atoms with Crippen molar-refractivity contribution in [3.05, 3.63) is 88.0 Å². The zero-order valence-corrected chi connectivity index (χ0v) is 16.3. The summed E-state index contributed by atoms with van der Waals surface area (Å²) in [5.74, 6) is -0.970. The first-order valence-corrected chi connectivity index (χ1v) is 9.73. The molecule has 29 heavy (non-hydrogen) atoms. The molecule has 1 atom stereocenters. The number of benzene rings is 1. The van der Waals surface area contributed by atoms with Crippen LogP contribution in [0.4, 0.5) is 0 Å². The number of aromatic nitrogens is 1. The number of hydrogen-bond acceptors (Lipinski definition) is 5. The molecule has 144 valence electrons. The van der Waals surface area contributed by atoms with Crippen LogP contribution < -0.4 is 5.32 Å². The molecule has 0 amide bonds. The number of dihydropyridines is 1. The van der Waals surface area contributed by atoms with E-state index in [-0.39, 0.29) is 28.5 Å². The van der Waals surface area contributed by atoms with E-state index in [4.69, 9.17) is 0 Å². The van der Waals surface area contributed by atoms with Gasteiger partial charge in [0, 0.05) is 47.1 Å². The summed E-state index contributed by atoms with van der Waals surface area (Å²) >= 11 is 0. The van der Waals surface area contributed by atoms with Gasteiger partial charge in [0.05, 0.1) is 11.3 Å². The number of fused-ring (bicyclic) bond motifs is 1. The quantitative estimate of drug-likeness (QED) is 0.810. The van der Waals surface area contributed by atoms with Gasteiger partial charge in [-0.05, 0) is 23.5 Å². The van der Waals surface area contributed by atoms with E-state index in [1.165, 1.54) is 12.4 Å². The van der Waals surface area contributed by atoms with Crippen LogP contribution in [0.25, 0.3) is 0 Å². The highest BCUT2D eigenvalue weighted by molar-refractivity contribution is 6.28. The molecule has 2 heterocycles. The van der Waals surface area contributed by atoms with Gasteiger partial charge >= 0.3 is 0 Å². The second-order valence-corrected chi connectivity index (χ2v) is 8.67. The number of allylic oxidation sites excluding steroid dienone is 4. The lowest BCUT2D eigenvalue weighted by molar-refractivity contribution is -0.118. The third-order valence-electron chi connectivity index (χ3n) is 5.96. The third kappa shape index (κ3) is 2.61. The highest BCUT2D eigenvalue weighted by Gasteiger charge is 2.46. The third-order valence-corrected chi connectivity index (χ3v) is 5.96. The first kappa shape index (κ1) is 17.7. The van der Waals surface area contributed by atoms with E-state index in [9.17, 15) is 14.4 Å². The zero-order chi connectivity index (χ0) is 20.3. The summed E-state index contributed by atoms with van der Waals surface area (Å²) < 4.78 is 0. The normalized spacial score (nSPS) is 22.7. The Kier molecular flexibility index (Phi) is 3.72. The topological polar surface area (TPSA) is 76.1 Å². The second-order valence-electron chi connectivity index (χ2n) is 8.67. The van der Waals surface area contributed by atoms with Crippen LogP contribution in [0, 0.1) is 5.41 Å². The minimum Gasteiger partial charge on any atom is -0.355 e. The standard InChI is InChI=1S/C24H20N2O3/c1-24(2)10-16-19(17(27)11-24)18(13-6-4-3-5-7-13)20-21(26-16)23(29)15-12-25-9-8-14(15)22(20)28/h3-9,12,18,26H,10-11H2,1-2H3. The number of rotatable bonds is 1. The summed E-state index contributed by atoms with van der Waals surface area (Å²) in [4.78, 5) is 44.0. The van der Waals surface area contributed by atoms with Crippen LogP contribution in [0.5, 0.6) is 0 Å². The van der Waals surface area contributed by atoms with Crippen LogP contribution in [-0.4, -0.2) is 22.3 Å². The molecule has 1 aromatic carbocycles. The lowest BCUT2D eigenvalue weighted by Crippen LogP contribution is -2.42. The molecule has 1 N–H and O–H groups in total. The van der Waals surface area contributed by atoms with Gasteiger partial charge in [0.2, 0.25) is 5.78 Å². The summed E-state index contributed by atoms with van der Waals surface area (Å²) in [6.45, 7) is 4.09. The Morgan fingerprint density at radius 1 is 0.931 bits per heavy atom. The van der Waals surface area contributed by atoms with Crippen molar-refractivity contribution in [3.63, 3.8) is 0 Å². The minimum absolute atomic E-state index is 0.0323. The molecule has 2 aliphatic carbocycles. The van der Waals surface area contributed by atoms with Crippen LogP contribution in [0.1, 0.15) is 58.9 Å². The van der Waals surface area contributed by atoms with Gasteiger partial charge in [-0.3, -0.25) is 19.4 Å². The van der Waals surface area contributed by atoms with Crippen molar-refractivity contribution in [2.45, 2.75) is 32.6 Å². The Balaban J connectivity index is 1.76. The van der Waals surface area contributed by atoms with Gasteiger partial charge in [-0.25, -0.2) is 0 Å². The molecular weight excluding hydrogens is 364 g/mol. The van der Waals surface area contributed by atoms with Crippen molar-refractivity contribution >= 4 is 17.3 Å². The lowest BCUT2D eigenvalue weighted by Gasteiger charge is -2.41. The smallest absolute Gasteiger partial charge is 0.211 e.